The van der Waals surface area contributed by atoms with Crippen LogP contribution in [0.2, 0.25) is 0 Å². The van der Waals surface area contributed by atoms with E-state index in [1.165, 1.54) is 0 Å². The van der Waals surface area contributed by atoms with Gasteiger partial charge in [0.15, 0.2) is 0 Å². The van der Waals surface area contributed by atoms with Crippen molar-refractivity contribution in [1.29, 1.82) is 0 Å². The Bertz CT molecular complexity index is 1260. The number of pyridine rings is 1. The molecule has 34 heavy (non-hydrogen) atoms. The number of benzene rings is 2. The Morgan fingerprint density at radius 1 is 0.941 bits per heavy atom. The molecular weight excluding hydrogens is 566 g/mol. The molecular formula is C25H23Br2N3O4. The summed E-state index contributed by atoms with van der Waals surface area (Å²) in [6.45, 7) is 2.38. The zero-order chi connectivity index (χ0) is 24.2. The number of carbonyl (C=O) groups excluding carboxylic acids is 2. The van der Waals surface area contributed by atoms with Crippen LogP contribution in [0, 0.1) is 6.92 Å². The quantitative estimate of drug-likeness (QED) is 0.343. The average molecular weight is 589 g/mol. The van der Waals surface area contributed by atoms with Gasteiger partial charge in [0.2, 0.25) is 11.8 Å². The first-order chi connectivity index (χ1) is 16.3. The molecule has 176 valence electrons. The van der Waals surface area contributed by atoms with Gasteiger partial charge in [-0.05, 0) is 66.8 Å². The second-order valence-electron chi connectivity index (χ2n) is 8.05. The first kappa shape index (κ1) is 24.2. The molecule has 0 radical (unpaired) electrons. The van der Waals surface area contributed by atoms with Gasteiger partial charge in [-0.1, -0.05) is 37.9 Å². The summed E-state index contributed by atoms with van der Waals surface area (Å²) in [4.78, 5) is 26.9. The normalized spacial score (nSPS) is 14.1. The molecule has 0 aliphatic carbocycles. The van der Waals surface area contributed by atoms with E-state index >= 15 is 0 Å². The summed E-state index contributed by atoms with van der Waals surface area (Å²) in [7, 11) is 0. The Morgan fingerprint density at radius 2 is 1.56 bits per heavy atom. The van der Waals surface area contributed by atoms with Crippen molar-refractivity contribution in [1.82, 2.24) is 4.98 Å². The second-order valence-corrected chi connectivity index (χ2v) is 9.88. The standard InChI is InChI=1S/C16H15BrN2O2.C9H8BrNO2/c1-10-3-2-6-18-13(10)9-21-14-8-12(17)7-11-4-5-15(20)19-16(11)14;10-6-3-5-1-2-8(13)11-9(5)7(12)4-6/h2-3,6-8H,4-5,9H2,1H3,(H,19,20);3-4,12H,1-2H2,(H,11,13). The molecule has 2 aliphatic heterocycles. The van der Waals surface area contributed by atoms with Crippen LogP contribution in [0.15, 0.2) is 51.5 Å². The Balaban J connectivity index is 0.000000180. The van der Waals surface area contributed by atoms with Gasteiger partial charge in [0.25, 0.3) is 0 Å². The van der Waals surface area contributed by atoms with Crippen LogP contribution in [-0.2, 0) is 29.0 Å². The van der Waals surface area contributed by atoms with E-state index in [2.05, 4.69) is 47.5 Å². The third-order valence-corrected chi connectivity index (χ3v) is 6.48. The predicted octanol–water partition coefficient (Wildman–Crippen LogP) is 5.66. The van der Waals surface area contributed by atoms with Gasteiger partial charge in [0.05, 0.1) is 17.1 Å². The van der Waals surface area contributed by atoms with Crippen LogP contribution in [0.4, 0.5) is 11.4 Å². The highest BCUT2D eigenvalue weighted by Gasteiger charge is 2.20. The third kappa shape index (κ3) is 5.77. The number of aromatic hydroxyl groups is 1. The summed E-state index contributed by atoms with van der Waals surface area (Å²) in [6.07, 6.45) is 4.18. The lowest BCUT2D eigenvalue weighted by Crippen LogP contribution is -2.20. The zero-order valence-corrected chi connectivity index (χ0v) is 21.6. The van der Waals surface area contributed by atoms with Crippen LogP contribution in [0.5, 0.6) is 11.5 Å². The number of rotatable bonds is 3. The number of phenols is 1. The molecule has 0 spiro atoms. The summed E-state index contributed by atoms with van der Waals surface area (Å²) >= 11 is 6.77. The molecule has 0 fully saturated rings. The van der Waals surface area contributed by atoms with Crippen molar-refractivity contribution >= 4 is 55.0 Å². The highest BCUT2D eigenvalue weighted by Crippen LogP contribution is 2.36. The van der Waals surface area contributed by atoms with Gasteiger partial charge in [-0.3, -0.25) is 14.6 Å². The number of nitrogens with one attached hydrogen (secondary N) is 2. The van der Waals surface area contributed by atoms with Crippen LogP contribution in [0.1, 0.15) is 35.2 Å². The molecule has 0 saturated heterocycles. The molecule has 2 amide bonds. The van der Waals surface area contributed by atoms with Gasteiger partial charge in [-0.25, -0.2) is 0 Å². The fourth-order valence-corrected chi connectivity index (χ4v) is 4.77. The van der Waals surface area contributed by atoms with E-state index in [-0.39, 0.29) is 17.6 Å². The minimum absolute atomic E-state index is 0.0312. The van der Waals surface area contributed by atoms with Gasteiger partial charge in [-0.15, -0.1) is 0 Å². The van der Waals surface area contributed by atoms with Crippen molar-refractivity contribution in [3.63, 3.8) is 0 Å². The molecule has 0 atom stereocenters. The molecule has 3 heterocycles. The molecule has 9 heteroatoms. The zero-order valence-electron chi connectivity index (χ0n) is 18.5. The van der Waals surface area contributed by atoms with E-state index < -0.39 is 0 Å². The largest absolute Gasteiger partial charge is 0.506 e. The number of anilines is 2. The molecule has 0 unspecified atom stereocenters. The fourth-order valence-electron chi connectivity index (χ4n) is 3.79. The van der Waals surface area contributed by atoms with Crippen molar-refractivity contribution < 1.29 is 19.4 Å². The summed E-state index contributed by atoms with van der Waals surface area (Å²) < 4.78 is 7.68. The molecule has 3 aromatic rings. The number of aromatic nitrogens is 1. The van der Waals surface area contributed by atoms with E-state index in [1.54, 1.807) is 12.3 Å². The Kier molecular flexibility index (Phi) is 7.53. The van der Waals surface area contributed by atoms with Crippen LogP contribution in [0.25, 0.3) is 0 Å². The number of hydrogen-bond acceptors (Lipinski definition) is 5. The Labute approximate surface area is 214 Å². The molecule has 1 aromatic heterocycles. The topological polar surface area (TPSA) is 101 Å². The number of phenolic OH excluding ortho intramolecular Hbond substituents is 1. The lowest BCUT2D eigenvalue weighted by Gasteiger charge is -2.21. The second kappa shape index (κ2) is 10.6. The summed E-state index contributed by atoms with van der Waals surface area (Å²) in [5.74, 6) is 0.795. The number of fused-ring (bicyclic) bond motifs is 2. The number of halogens is 2. The summed E-state index contributed by atoms with van der Waals surface area (Å²) in [5, 5.41) is 15.1. The minimum Gasteiger partial charge on any atom is -0.506 e. The molecule has 0 saturated carbocycles. The molecule has 7 nitrogen and oxygen atoms in total. The number of hydrogen-bond donors (Lipinski definition) is 3. The number of amides is 2. The van der Waals surface area contributed by atoms with Crippen LogP contribution in [-0.4, -0.2) is 21.9 Å². The highest BCUT2D eigenvalue weighted by atomic mass is 79.9. The molecule has 2 aromatic carbocycles. The van der Waals surface area contributed by atoms with E-state index in [4.69, 9.17) is 4.74 Å². The maximum absolute atomic E-state index is 11.6. The van der Waals surface area contributed by atoms with Gasteiger partial charge in [0.1, 0.15) is 18.1 Å². The monoisotopic (exact) mass is 587 g/mol. The van der Waals surface area contributed by atoms with Crippen molar-refractivity contribution in [3.8, 4) is 11.5 Å². The first-order valence-corrected chi connectivity index (χ1v) is 12.4. The average Bonchev–Trinajstić information content (AvgIpc) is 2.80. The van der Waals surface area contributed by atoms with E-state index in [0.29, 0.717) is 37.3 Å². The van der Waals surface area contributed by atoms with Gasteiger partial charge >= 0.3 is 0 Å². The smallest absolute Gasteiger partial charge is 0.224 e. The fraction of sp³-hybridized carbons (Fsp3) is 0.240. The number of aryl methyl sites for hydroxylation is 3. The van der Waals surface area contributed by atoms with Gasteiger partial charge in [-0.2, -0.15) is 0 Å². The molecule has 2 aliphatic rings. The Morgan fingerprint density at radius 3 is 2.24 bits per heavy atom. The SMILES string of the molecule is Cc1cccnc1COc1cc(Br)cc2c1NC(=O)CC2.O=C1CCc2cc(Br)cc(O)c2N1. The summed E-state index contributed by atoms with van der Waals surface area (Å²) in [6, 6.07) is 11.3. The van der Waals surface area contributed by atoms with Crippen LogP contribution < -0.4 is 15.4 Å². The maximum atomic E-state index is 11.6. The first-order valence-electron chi connectivity index (χ1n) is 10.8. The van der Waals surface area contributed by atoms with Gasteiger partial charge in [0, 0.05) is 28.0 Å². The molecule has 5 rings (SSSR count). The number of ether oxygens (including phenoxy) is 1. The maximum Gasteiger partial charge on any atom is 0.224 e. The predicted molar refractivity (Wildman–Crippen MR) is 137 cm³/mol. The van der Waals surface area contributed by atoms with Gasteiger partial charge < -0.3 is 20.5 Å². The number of carbonyl (C=O) groups is 2. The van der Waals surface area contributed by atoms with Crippen molar-refractivity contribution in [2.45, 2.75) is 39.2 Å². The Hall–Kier alpha value is -2.91. The highest BCUT2D eigenvalue weighted by molar-refractivity contribution is 9.10. The van der Waals surface area contributed by atoms with Crippen LogP contribution >= 0.6 is 31.9 Å². The van der Waals surface area contributed by atoms with E-state index in [0.717, 1.165) is 43.4 Å². The van der Waals surface area contributed by atoms with Crippen molar-refractivity contribution in [3.05, 3.63) is 73.9 Å². The minimum atomic E-state index is -0.0369. The molecule has 3 N–H and O–H groups in total. The van der Waals surface area contributed by atoms with Crippen LogP contribution in [0.3, 0.4) is 0 Å². The lowest BCUT2D eigenvalue weighted by molar-refractivity contribution is -0.117. The number of nitrogens with zero attached hydrogens (tertiary/aromatic N) is 1. The summed E-state index contributed by atoms with van der Waals surface area (Å²) in [5.41, 5.74) is 5.39. The van der Waals surface area contributed by atoms with E-state index in [1.807, 2.05) is 37.3 Å². The third-order valence-electron chi connectivity index (χ3n) is 5.57. The molecule has 0 bridgehead atoms. The van der Waals surface area contributed by atoms with E-state index in [9.17, 15) is 14.7 Å². The lowest BCUT2D eigenvalue weighted by atomic mass is 10.0. The van der Waals surface area contributed by atoms with Crippen molar-refractivity contribution in [2.75, 3.05) is 10.6 Å². The van der Waals surface area contributed by atoms with Crippen molar-refractivity contribution in [2.24, 2.45) is 0 Å².